The molecule has 2 rings (SSSR count). The first-order chi connectivity index (χ1) is 8.16. The van der Waals surface area contributed by atoms with Crippen molar-refractivity contribution in [2.45, 2.75) is 44.4 Å². The van der Waals surface area contributed by atoms with Crippen molar-refractivity contribution in [3.63, 3.8) is 0 Å². The summed E-state index contributed by atoms with van der Waals surface area (Å²) in [6.45, 7) is 0.208. The lowest BCUT2D eigenvalue weighted by atomic mass is 9.93. The Balaban J connectivity index is 1.89. The molecule has 1 aliphatic rings. The Morgan fingerprint density at radius 2 is 1.71 bits per heavy atom. The average Bonchev–Trinajstić information content (AvgIpc) is 2.31. The second kappa shape index (κ2) is 5.56. The first-order valence-electron chi connectivity index (χ1n) is 6.01. The highest BCUT2D eigenvalue weighted by atomic mass is 19.1. The molecule has 2 N–H and O–H groups in total. The maximum atomic E-state index is 13.3. The summed E-state index contributed by atoms with van der Waals surface area (Å²) in [5.41, 5.74) is 0.0959. The summed E-state index contributed by atoms with van der Waals surface area (Å²) in [5, 5.41) is 12.5. The third kappa shape index (κ3) is 3.23. The number of aliphatic hydroxyl groups excluding tert-OH is 1. The summed E-state index contributed by atoms with van der Waals surface area (Å²) in [4.78, 5) is 0. The Morgan fingerprint density at radius 1 is 1.12 bits per heavy atom. The van der Waals surface area contributed by atoms with Crippen molar-refractivity contribution < 1.29 is 13.9 Å². The fourth-order valence-electron chi connectivity index (χ4n) is 2.23. The van der Waals surface area contributed by atoms with E-state index in [1.807, 2.05) is 0 Å². The van der Waals surface area contributed by atoms with Crippen LogP contribution < -0.4 is 5.32 Å². The predicted molar refractivity (Wildman–Crippen MR) is 61.5 cm³/mol. The standard InChI is InChI=1S/C13H17F2NO/c14-12-2-1-3-13(15)11(12)8-16-9-4-6-10(17)7-5-9/h1-3,9-10,16-17H,4-8H2. The average molecular weight is 241 g/mol. The normalized spacial score (nSPS) is 24.9. The largest absolute Gasteiger partial charge is 0.393 e. The topological polar surface area (TPSA) is 32.3 Å². The van der Waals surface area contributed by atoms with Crippen molar-refractivity contribution in [2.75, 3.05) is 0 Å². The molecule has 17 heavy (non-hydrogen) atoms. The van der Waals surface area contributed by atoms with E-state index < -0.39 is 11.6 Å². The van der Waals surface area contributed by atoms with Crippen molar-refractivity contribution in [1.29, 1.82) is 0 Å². The minimum absolute atomic E-state index is 0.0959. The Labute approximate surface area is 99.7 Å². The third-order valence-corrected chi connectivity index (χ3v) is 3.33. The van der Waals surface area contributed by atoms with Gasteiger partial charge < -0.3 is 10.4 Å². The molecule has 0 aliphatic heterocycles. The van der Waals surface area contributed by atoms with Crippen molar-refractivity contribution in [1.82, 2.24) is 5.32 Å². The molecule has 1 saturated carbocycles. The van der Waals surface area contributed by atoms with Gasteiger partial charge in [0.1, 0.15) is 11.6 Å². The van der Waals surface area contributed by atoms with Crippen molar-refractivity contribution >= 4 is 0 Å². The van der Waals surface area contributed by atoms with Crippen molar-refractivity contribution in [3.8, 4) is 0 Å². The van der Waals surface area contributed by atoms with Crippen LogP contribution in [-0.4, -0.2) is 17.3 Å². The van der Waals surface area contributed by atoms with Crippen LogP contribution in [0.3, 0.4) is 0 Å². The highest BCUT2D eigenvalue weighted by molar-refractivity contribution is 5.19. The molecule has 0 heterocycles. The summed E-state index contributed by atoms with van der Waals surface area (Å²) in [7, 11) is 0. The van der Waals surface area contributed by atoms with Gasteiger partial charge >= 0.3 is 0 Å². The monoisotopic (exact) mass is 241 g/mol. The smallest absolute Gasteiger partial charge is 0.130 e. The molecule has 0 bridgehead atoms. The molecule has 1 fully saturated rings. The van der Waals surface area contributed by atoms with Crippen molar-refractivity contribution in [2.24, 2.45) is 0 Å². The molecular formula is C13H17F2NO. The fourth-order valence-corrected chi connectivity index (χ4v) is 2.23. The number of aliphatic hydroxyl groups is 1. The van der Waals surface area contributed by atoms with Gasteiger partial charge in [0.15, 0.2) is 0 Å². The number of hydrogen-bond donors (Lipinski definition) is 2. The lowest BCUT2D eigenvalue weighted by Crippen LogP contribution is -2.34. The highest BCUT2D eigenvalue weighted by Crippen LogP contribution is 2.19. The molecule has 2 nitrogen and oxygen atoms in total. The lowest BCUT2D eigenvalue weighted by Gasteiger charge is -2.26. The second-order valence-electron chi connectivity index (χ2n) is 4.59. The van der Waals surface area contributed by atoms with E-state index in [2.05, 4.69) is 5.32 Å². The van der Waals surface area contributed by atoms with Gasteiger partial charge in [-0.2, -0.15) is 0 Å². The molecule has 1 aromatic carbocycles. The van der Waals surface area contributed by atoms with Gasteiger partial charge in [-0.25, -0.2) is 8.78 Å². The number of benzene rings is 1. The van der Waals surface area contributed by atoms with Gasteiger partial charge in [0.2, 0.25) is 0 Å². The predicted octanol–water partition coefficient (Wildman–Crippen LogP) is 2.36. The SMILES string of the molecule is OC1CCC(NCc2c(F)cccc2F)CC1. The van der Waals surface area contributed by atoms with E-state index in [9.17, 15) is 13.9 Å². The summed E-state index contributed by atoms with van der Waals surface area (Å²) in [6.07, 6.45) is 3.03. The van der Waals surface area contributed by atoms with Gasteiger partial charge in [0.05, 0.1) is 6.10 Å². The van der Waals surface area contributed by atoms with Crippen LogP contribution in [0, 0.1) is 11.6 Å². The molecule has 0 amide bonds. The molecule has 94 valence electrons. The molecule has 1 aliphatic carbocycles. The zero-order chi connectivity index (χ0) is 12.3. The minimum Gasteiger partial charge on any atom is -0.393 e. The van der Waals surface area contributed by atoms with Crippen LogP contribution >= 0.6 is 0 Å². The van der Waals surface area contributed by atoms with E-state index in [0.29, 0.717) is 0 Å². The van der Waals surface area contributed by atoms with Crippen LogP contribution in [0.2, 0.25) is 0 Å². The first-order valence-corrected chi connectivity index (χ1v) is 6.01. The van der Waals surface area contributed by atoms with Gasteiger partial charge in [-0.05, 0) is 37.8 Å². The zero-order valence-electron chi connectivity index (χ0n) is 9.63. The molecule has 0 aromatic heterocycles. The third-order valence-electron chi connectivity index (χ3n) is 3.33. The Kier molecular flexibility index (Phi) is 4.07. The Bertz CT molecular complexity index is 355. The molecule has 4 heteroatoms. The lowest BCUT2D eigenvalue weighted by molar-refractivity contribution is 0.116. The van der Waals surface area contributed by atoms with E-state index in [4.69, 9.17) is 0 Å². The van der Waals surface area contributed by atoms with E-state index in [0.717, 1.165) is 25.7 Å². The fraction of sp³-hybridized carbons (Fsp3) is 0.538. The number of rotatable bonds is 3. The molecule has 0 atom stereocenters. The van der Waals surface area contributed by atoms with Gasteiger partial charge in [-0.3, -0.25) is 0 Å². The minimum atomic E-state index is -0.506. The Hall–Kier alpha value is -1.00. The van der Waals surface area contributed by atoms with Gasteiger partial charge in [-0.1, -0.05) is 6.07 Å². The quantitative estimate of drug-likeness (QED) is 0.851. The number of halogens is 2. The van der Waals surface area contributed by atoms with Crippen LogP contribution in [0.25, 0.3) is 0 Å². The van der Waals surface area contributed by atoms with Crippen LogP contribution in [-0.2, 0) is 6.54 Å². The summed E-state index contributed by atoms with van der Waals surface area (Å²) in [6, 6.07) is 4.15. The van der Waals surface area contributed by atoms with Crippen LogP contribution in [0.4, 0.5) is 8.78 Å². The summed E-state index contributed by atoms with van der Waals surface area (Å²) >= 11 is 0. The number of hydrogen-bond acceptors (Lipinski definition) is 2. The van der Waals surface area contributed by atoms with Crippen LogP contribution in [0.1, 0.15) is 31.2 Å². The van der Waals surface area contributed by atoms with Gasteiger partial charge in [0.25, 0.3) is 0 Å². The zero-order valence-corrected chi connectivity index (χ0v) is 9.63. The first kappa shape index (κ1) is 12.5. The van der Waals surface area contributed by atoms with Crippen LogP contribution in [0.5, 0.6) is 0 Å². The maximum Gasteiger partial charge on any atom is 0.130 e. The van der Waals surface area contributed by atoms with Crippen LogP contribution in [0.15, 0.2) is 18.2 Å². The molecular weight excluding hydrogens is 224 g/mol. The summed E-state index contributed by atoms with van der Waals surface area (Å²) in [5.74, 6) is -1.01. The second-order valence-corrected chi connectivity index (χ2v) is 4.59. The van der Waals surface area contributed by atoms with E-state index in [-0.39, 0.29) is 24.3 Å². The highest BCUT2D eigenvalue weighted by Gasteiger charge is 2.19. The molecule has 0 unspecified atom stereocenters. The van der Waals surface area contributed by atoms with Crippen molar-refractivity contribution in [3.05, 3.63) is 35.4 Å². The molecule has 1 aromatic rings. The Morgan fingerprint density at radius 3 is 2.29 bits per heavy atom. The van der Waals surface area contributed by atoms with Gasteiger partial charge in [-0.15, -0.1) is 0 Å². The summed E-state index contributed by atoms with van der Waals surface area (Å²) < 4.78 is 26.7. The van der Waals surface area contributed by atoms with Gasteiger partial charge in [0, 0.05) is 18.2 Å². The van der Waals surface area contributed by atoms with E-state index in [1.54, 1.807) is 0 Å². The molecule has 0 saturated heterocycles. The molecule has 0 radical (unpaired) electrons. The number of nitrogens with one attached hydrogen (secondary N) is 1. The van der Waals surface area contributed by atoms with E-state index >= 15 is 0 Å². The van der Waals surface area contributed by atoms with E-state index in [1.165, 1.54) is 18.2 Å². The maximum absolute atomic E-state index is 13.3. The molecule has 0 spiro atoms.